The van der Waals surface area contributed by atoms with E-state index in [2.05, 4.69) is 4.98 Å². The molecule has 0 aliphatic heterocycles. The highest BCUT2D eigenvalue weighted by Crippen LogP contribution is 2.39. The number of aromatic nitrogens is 1. The van der Waals surface area contributed by atoms with Crippen molar-refractivity contribution in [3.8, 4) is 11.6 Å². The average molecular weight is 297 g/mol. The molecule has 0 unspecified atom stereocenters. The van der Waals surface area contributed by atoms with Crippen molar-refractivity contribution in [1.29, 1.82) is 0 Å². The van der Waals surface area contributed by atoms with E-state index in [1.54, 1.807) is 6.07 Å². The number of esters is 1. The van der Waals surface area contributed by atoms with Gasteiger partial charge in [-0.15, -0.1) is 0 Å². The molecule has 114 valence electrons. The van der Waals surface area contributed by atoms with Gasteiger partial charge in [-0.05, 0) is 37.0 Å². The average Bonchev–Trinajstić information content (AvgIpc) is 3.09. The van der Waals surface area contributed by atoms with E-state index in [0.717, 1.165) is 24.2 Å². The van der Waals surface area contributed by atoms with E-state index in [1.165, 1.54) is 20.0 Å². The van der Waals surface area contributed by atoms with Crippen molar-refractivity contribution >= 4 is 5.97 Å². The van der Waals surface area contributed by atoms with Gasteiger partial charge in [0.2, 0.25) is 5.88 Å². The number of nitrogens with zero attached hydrogens (tertiary/aromatic N) is 1. The molecule has 1 heterocycles. The van der Waals surface area contributed by atoms with Crippen molar-refractivity contribution in [2.45, 2.75) is 31.6 Å². The summed E-state index contributed by atoms with van der Waals surface area (Å²) in [5.41, 5.74) is 1.35. The monoisotopic (exact) mass is 297 g/mol. The lowest BCUT2D eigenvalue weighted by molar-refractivity contribution is 0.0593. The van der Waals surface area contributed by atoms with Gasteiger partial charge in [-0.2, -0.15) is 0 Å². The van der Waals surface area contributed by atoms with Crippen LogP contribution in [-0.2, 0) is 4.74 Å². The fraction of sp³-hybridized carbons (Fsp3) is 0.333. The van der Waals surface area contributed by atoms with Crippen LogP contribution in [0.15, 0.2) is 42.5 Å². The van der Waals surface area contributed by atoms with Crippen molar-refractivity contribution in [1.82, 2.24) is 4.98 Å². The normalized spacial score (nSPS) is 14.8. The molecule has 1 aromatic carbocycles. The second kappa shape index (κ2) is 6.60. The summed E-state index contributed by atoms with van der Waals surface area (Å²) in [5, 5.41) is 0. The van der Waals surface area contributed by atoms with Crippen molar-refractivity contribution in [2.75, 3.05) is 7.11 Å². The smallest absolute Gasteiger partial charge is 0.356 e. The number of ether oxygens (including phenoxy) is 2. The zero-order chi connectivity index (χ0) is 15.4. The highest BCUT2D eigenvalue weighted by atomic mass is 16.5. The minimum Gasteiger partial charge on any atom is -0.464 e. The van der Waals surface area contributed by atoms with E-state index in [0.29, 0.717) is 11.8 Å². The molecule has 1 saturated carbocycles. The van der Waals surface area contributed by atoms with Crippen LogP contribution in [0.1, 0.15) is 47.7 Å². The molecule has 0 radical (unpaired) electrons. The lowest BCUT2D eigenvalue weighted by atomic mass is 9.98. The van der Waals surface area contributed by atoms with Crippen molar-refractivity contribution < 1.29 is 14.3 Å². The molecule has 4 heteroatoms. The number of rotatable bonds is 4. The van der Waals surface area contributed by atoms with Crippen molar-refractivity contribution in [3.05, 3.63) is 53.7 Å². The Bertz CT molecular complexity index is 649. The Morgan fingerprint density at radius 1 is 1.09 bits per heavy atom. The van der Waals surface area contributed by atoms with Crippen molar-refractivity contribution in [3.63, 3.8) is 0 Å². The quantitative estimate of drug-likeness (QED) is 0.789. The minimum atomic E-state index is -0.448. The van der Waals surface area contributed by atoms with Crippen LogP contribution in [-0.4, -0.2) is 18.1 Å². The van der Waals surface area contributed by atoms with Crippen molar-refractivity contribution in [2.24, 2.45) is 0 Å². The summed E-state index contributed by atoms with van der Waals surface area (Å²) in [6.07, 6.45) is 4.75. The van der Waals surface area contributed by atoms with Crippen LogP contribution in [0.2, 0.25) is 0 Å². The van der Waals surface area contributed by atoms with E-state index in [1.807, 2.05) is 36.4 Å². The first-order chi connectivity index (χ1) is 10.8. The third kappa shape index (κ3) is 3.11. The molecule has 1 aliphatic carbocycles. The predicted molar refractivity (Wildman–Crippen MR) is 83.3 cm³/mol. The predicted octanol–water partition coefficient (Wildman–Crippen LogP) is 4.32. The van der Waals surface area contributed by atoms with E-state index < -0.39 is 5.97 Å². The van der Waals surface area contributed by atoms with E-state index in [4.69, 9.17) is 9.47 Å². The van der Waals surface area contributed by atoms with Gasteiger partial charge in [-0.1, -0.05) is 37.1 Å². The number of hydrogen-bond donors (Lipinski definition) is 0. The number of para-hydroxylation sites is 1. The fourth-order valence-electron chi connectivity index (χ4n) is 2.90. The molecule has 22 heavy (non-hydrogen) atoms. The summed E-state index contributed by atoms with van der Waals surface area (Å²) in [4.78, 5) is 16.1. The molecule has 0 atom stereocenters. The molecule has 0 bridgehead atoms. The van der Waals surface area contributed by atoms with Crippen LogP contribution in [0.5, 0.6) is 11.6 Å². The summed E-state index contributed by atoms with van der Waals surface area (Å²) in [6, 6.07) is 13.2. The maximum Gasteiger partial charge on any atom is 0.356 e. The van der Waals surface area contributed by atoms with Crippen LogP contribution in [0, 0.1) is 0 Å². The molecule has 4 nitrogen and oxygen atoms in total. The Morgan fingerprint density at radius 2 is 1.82 bits per heavy atom. The van der Waals surface area contributed by atoms with Crippen LogP contribution < -0.4 is 4.74 Å². The molecule has 3 rings (SSSR count). The SMILES string of the molecule is COC(=O)c1ccc(C2CCCC2)c(Oc2ccccc2)n1. The van der Waals surface area contributed by atoms with Gasteiger partial charge in [0.15, 0.2) is 5.69 Å². The highest BCUT2D eigenvalue weighted by molar-refractivity contribution is 5.87. The van der Waals surface area contributed by atoms with Crippen LogP contribution in [0.3, 0.4) is 0 Å². The summed E-state index contributed by atoms with van der Waals surface area (Å²) in [5.74, 6) is 1.24. The number of hydrogen-bond acceptors (Lipinski definition) is 4. The molecule has 1 fully saturated rings. The number of methoxy groups -OCH3 is 1. The largest absolute Gasteiger partial charge is 0.464 e. The molecule has 1 aromatic heterocycles. The molecule has 0 N–H and O–H groups in total. The third-order valence-electron chi connectivity index (χ3n) is 4.04. The Kier molecular flexibility index (Phi) is 4.37. The molecule has 0 saturated heterocycles. The molecule has 2 aromatic rings. The highest BCUT2D eigenvalue weighted by Gasteiger charge is 2.23. The van der Waals surface area contributed by atoms with Crippen LogP contribution in [0.25, 0.3) is 0 Å². The number of carbonyl (C=O) groups is 1. The summed E-state index contributed by atoms with van der Waals surface area (Å²) >= 11 is 0. The third-order valence-corrected chi connectivity index (χ3v) is 4.04. The van der Waals surface area contributed by atoms with Crippen LogP contribution in [0.4, 0.5) is 0 Å². The van der Waals surface area contributed by atoms with E-state index in [-0.39, 0.29) is 5.69 Å². The first kappa shape index (κ1) is 14.6. The molecular weight excluding hydrogens is 278 g/mol. The summed E-state index contributed by atoms with van der Waals surface area (Å²) in [6.45, 7) is 0. The summed E-state index contributed by atoms with van der Waals surface area (Å²) in [7, 11) is 1.35. The number of carbonyl (C=O) groups excluding carboxylic acids is 1. The Balaban J connectivity index is 1.96. The molecule has 0 spiro atoms. The van der Waals surface area contributed by atoms with Gasteiger partial charge in [-0.3, -0.25) is 0 Å². The summed E-state index contributed by atoms with van der Waals surface area (Å²) < 4.78 is 10.7. The van der Waals surface area contributed by atoms with Gasteiger partial charge in [0.1, 0.15) is 5.75 Å². The number of benzene rings is 1. The lowest BCUT2D eigenvalue weighted by Crippen LogP contribution is -2.07. The zero-order valence-electron chi connectivity index (χ0n) is 12.6. The zero-order valence-corrected chi connectivity index (χ0v) is 12.6. The molecule has 0 amide bonds. The standard InChI is InChI=1S/C18H19NO3/c1-21-18(20)16-12-11-15(13-7-5-6-8-13)17(19-16)22-14-9-3-2-4-10-14/h2-4,9-13H,5-8H2,1H3. The van der Waals surface area contributed by atoms with Gasteiger partial charge in [-0.25, -0.2) is 9.78 Å². The Morgan fingerprint density at radius 3 is 2.50 bits per heavy atom. The van der Waals surface area contributed by atoms with E-state index >= 15 is 0 Å². The van der Waals surface area contributed by atoms with E-state index in [9.17, 15) is 4.79 Å². The maximum atomic E-state index is 11.7. The Hall–Kier alpha value is -2.36. The first-order valence-corrected chi connectivity index (χ1v) is 7.60. The number of pyridine rings is 1. The topological polar surface area (TPSA) is 48.4 Å². The second-order valence-corrected chi connectivity index (χ2v) is 5.48. The molecular formula is C18H19NO3. The van der Waals surface area contributed by atoms with Gasteiger partial charge in [0.05, 0.1) is 7.11 Å². The molecule has 1 aliphatic rings. The first-order valence-electron chi connectivity index (χ1n) is 7.60. The lowest BCUT2D eigenvalue weighted by Gasteiger charge is -2.15. The van der Waals surface area contributed by atoms with Gasteiger partial charge >= 0.3 is 5.97 Å². The minimum absolute atomic E-state index is 0.273. The fourth-order valence-corrected chi connectivity index (χ4v) is 2.90. The van der Waals surface area contributed by atoms with Gasteiger partial charge < -0.3 is 9.47 Å². The maximum absolute atomic E-state index is 11.7. The second-order valence-electron chi connectivity index (χ2n) is 5.48. The van der Waals surface area contributed by atoms with Gasteiger partial charge in [0.25, 0.3) is 0 Å². The van der Waals surface area contributed by atoms with Gasteiger partial charge in [0, 0.05) is 5.56 Å². The van der Waals surface area contributed by atoms with Crippen LogP contribution >= 0.6 is 0 Å². The Labute approximate surface area is 130 Å².